The molecule has 6 heteroatoms. The standard InChI is InChI=1S/2C13H22O3/c2*1-11(2)8-5-6-12(7-8)9(14)3-4-10(15)13(11,12)16/h2*8-10,14-16H,3-7H2,1-2H3/t2*8-,9-,10-,12+,13+/m10/s1. The zero-order valence-electron chi connectivity index (χ0n) is 20.2. The van der Waals surface area contributed by atoms with E-state index in [9.17, 15) is 30.6 Å². The Bertz CT molecular complexity index is 718. The molecule has 6 rings (SSSR count). The second kappa shape index (κ2) is 6.70. The minimum atomic E-state index is -1.08. The quantitative estimate of drug-likeness (QED) is 0.335. The number of hydrogen-bond donors (Lipinski definition) is 6. The van der Waals surface area contributed by atoms with Crippen molar-refractivity contribution < 1.29 is 30.6 Å². The minimum Gasteiger partial charge on any atom is -0.392 e. The fourth-order valence-corrected chi connectivity index (χ4v) is 10.2. The molecule has 0 aromatic carbocycles. The molecule has 6 fully saturated rings. The summed E-state index contributed by atoms with van der Waals surface area (Å²) in [5, 5.41) is 63.2. The Balaban J connectivity index is 0.000000135. The van der Waals surface area contributed by atoms with E-state index in [-0.39, 0.29) is 10.8 Å². The average molecular weight is 453 g/mol. The van der Waals surface area contributed by atoms with Crippen LogP contribution < -0.4 is 0 Å². The van der Waals surface area contributed by atoms with Gasteiger partial charge in [0, 0.05) is 10.8 Å². The van der Waals surface area contributed by atoms with Gasteiger partial charge in [-0.25, -0.2) is 0 Å². The van der Waals surface area contributed by atoms with Crippen molar-refractivity contribution in [1.29, 1.82) is 0 Å². The molecule has 0 radical (unpaired) electrons. The van der Waals surface area contributed by atoms with Crippen LogP contribution >= 0.6 is 0 Å². The van der Waals surface area contributed by atoms with E-state index in [2.05, 4.69) is 27.7 Å². The van der Waals surface area contributed by atoms with Crippen LogP contribution in [0.5, 0.6) is 0 Å². The molecule has 6 N–H and O–H groups in total. The molecule has 2 spiro atoms. The lowest BCUT2D eigenvalue weighted by molar-refractivity contribution is -0.256. The van der Waals surface area contributed by atoms with Gasteiger partial charge in [-0.2, -0.15) is 0 Å². The molecule has 0 saturated heterocycles. The highest BCUT2D eigenvalue weighted by Crippen LogP contribution is 2.73. The summed E-state index contributed by atoms with van der Waals surface area (Å²) >= 11 is 0. The van der Waals surface area contributed by atoms with Gasteiger partial charge in [-0.15, -0.1) is 0 Å². The Morgan fingerprint density at radius 3 is 1.12 bits per heavy atom. The van der Waals surface area contributed by atoms with E-state index in [1.807, 2.05) is 0 Å². The summed E-state index contributed by atoms with van der Waals surface area (Å²) in [5.41, 5.74) is -3.57. The first-order chi connectivity index (χ1) is 14.7. The van der Waals surface area contributed by atoms with Gasteiger partial charge in [-0.3, -0.25) is 0 Å². The topological polar surface area (TPSA) is 121 Å². The van der Waals surface area contributed by atoms with E-state index < -0.39 is 46.4 Å². The molecule has 6 nitrogen and oxygen atoms in total. The Morgan fingerprint density at radius 1 is 0.500 bits per heavy atom. The molecule has 0 unspecified atom stereocenters. The molecule has 0 aromatic rings. The summed E-state index contributed by atoms with van der Waals surface area (Å²) in [6.45, 7) is 8.22. The molecule has 4 bridgehead atoms. The van der Waals surface area contributed by atoms with Crippen LogP contribution in [0, 0.1) is 33.5 Å². The van der Waals surface area contributed by atoms with Crippen molar-refractivity contribution in [2.45, 2.75) is 128 Å². The normalized spacial score (nSPS) is 58.7. The first-order valence-electron chi connectivity index (χ1n) is 12.9. The average Bonchev–Trinajstić information content (AvgIpc) is 3.45. The zero-order chi connectivity index (χ0) is 23.5. The van der Waals surface area contributed by atoms with Gasteiger partial charge in [-0.1, -0.05) is 27.7 Å². The molecule has 0 aromatic heterocycles. The third-order valence-electron chi connectivity index (χ3n) is 12.3. The maximum Gasteiger partial charge on any atom is 0.104 e. The van der Waals surface area contributed by atoms with Crippen molar-refractivity contribution in [3.63, 3.8) is 0 Å². The van der Waals surface area contributed by atoms with Crippen molar-refractivity contribution in [1.82, 2.24) is 0 Å². The largest absolute Gasteiger partial charge is 0.392 e. The Labute approximate surface area is 192 Å². The molecule has 6 aliphatic carbocycles. The highest BCUT2D eigenvalue weighted by Gasteiger charge is 2.77. The maximum absolute atomic E-state index is 11.0. The van der Waals surface area contributed by atoms with E-state index in [1.54, 1.807) is 0 Å². The summed E-state index contributed by atoms with van der Waals surface area (Å²) < 4.78 is 0. The predicted octanol–water partition coefficient (Wildman–Crippen LogP) is 2.12. The molecule has 32 heavy (non-hydrogen) atoms. The predicted molar refractivity (Wildman–Crippen MR) is 120 cm³/mol. The number of fused-ring (bicyclic) bond motifs is 2. The number of hydrogen-bond acceptors (Lipinski definition) is 6. The van der Waals surface area contributed by atoms with Crippen LogP contribution in [0.4, 0.5) is 0 Å². The lowest BCUT2D eigenvalue weighted by atomic mass is 9.52. The number of aliphatic hydroxyl groups excluding tert-OH is 4. The van der Waals surface area contributed by atoms with Crippen LogP contribution in [0.15, 0.2) is 0 Å². The van der Waals surface area contributed by atoms with Crippen LogP contribution in [0.1, 0.15) is 91.9 Å². The summed E-state index contributed by atoms with van der Waals surface area (Å²) in [7, 11) is 0. The molecular weight excluding hydrogens is 408 g/mol. The molecular formula is C26H44O6. The zero-order valence-corrected chi connectivity index (χ0v) is 20.2. The van der Waals surface area contributed by atoms with Gasteiger partial charge in [0.1, 0.15) is 11.2 Å². The van der Waals surface area contributed by atoms with E-state index in [4.69, 9.17) is 0 Å². The smallest absolute Gasteiger partial charge is 0.104 e. The summed E-state index contributed by atoms with van der Waals surface area (Å²) in [6, 6.07) is 0. The second-order valence-corrected chi connectivity index (χ2v) is 13.4. The van der Waals surface area contributed by atoms with Crippen molar-refractivity contribution in [2.75, 3.05) is 0 Å². The van der Waals surface area contributed by atoms with Crippen LogP contribution in [-0.2, 0) is 0 Å². The van der Waals surface area contributed by atoms with Gasteiger partial charge in [0.25, 0.3) is 0 Å². The molecule has 10 atom stereocenters. The third-order valence-corrected chi connectivity index (χ3v) is 12.3. The summed E-state index contributed by atoms with van der Waals surface area (Å²) in [5.74, 6) is 0.889. The lowest BCUT2D eigenvalue weighted by Gasteiger charge is -2.58. The van der Waals surface area contributed by atoms with Crippen molar-refractivity contribution in [3.8, 4) is 0 Å². The summed E-state index contributed by atoms with van der Waals surface area (Å²) in [4.78, 5) is 0. The molecule has 0 aliphatic heterocycles. The molecule has 184 valence electrons. The second-order valence-electron chi connectivity index (χ2n) is 13.4. The Hall–Kier alpha value is -0.240. The SMILES string of the molecule is CC1(C)[C@@H]2CC[C@]3(C2)[C@H](O)CC[C@@H](O)[C@]13O.CC1(C)[C@H]2CC[C@@]3(C2)[C@@H](O)CC[C@H](O)[C@@]13O. The number of rotatable bonds is 0. The van der Waals surface area contributed by atoms with Crippen LogP contribution in [0.2, 0.25) is 0 Å². The fraction of sp³-hybridized carbons (Fsp3) is 1.00. The van der Waals surface area contributed by atoms with Crippen molar-refractivity contribution in [2.24, 2.45) is 33.5 Å². The molecule has 6 saturated carbocycles. The lowest BCUT2D eigenvalue weighted by Crippen LogP contribution is -2.68. The van der Waals surface area contributed by atoms with Gasteiger partial charge < -0.3 is 30.6 Å². The van der Waals surface area contributed by atoms with Crippen LogP contribution in [0.25, 0.3) is 0 Å². The van der Waals surface area contributed by atoms with Gasteiger partial charge in [-0.05, 0) is 86.9 Å². The maximum atomic E-state index is 11.0. The molecule has 0 heterocycles. The van der Waals surface area contributed by atoms with Gasteiger partial charge in [0.15, 0.2) is 0 Å². The molecule has 6 aliphatic rings. The highest BCUT2D eigenvalue weighted by molar-refractivity contribution is 5.26. The van der Waals surface area contributed by atoms with Crippen LogP contribution in [0.3, 0.4) is 0 Å². The first-order valence-corrected chi connectivity index (χ1v) is 12.9. The fourth-order valence-electron chi connectivity index (χ4n) is 10.2. The number of aliphatic hydroxyl groups is 6. The van der Waals surface area contributed by atoms with Gasteiger partial charge >= 0.3 is 0 Å². The van der Waals surface area contributed by atoms with Crippen molar-refractivity contribution >= 4 is 0 Å². The Morgan fingerprint density at radius 2 is 0.812 bits per heavy atom. The monoisotopic (exact) mass is 452 g/mol. The minimum absolute atomic E-state index is 0.272. The van der Waals surface area contributed by atoms with E-state index in [1.165, 1.54) is 0 Å². The van der Waals surface area contributed by atoms with E-state index in [0.29, 0.717) is 37.5 Å². The van der Waals surface area contributed by atoms with Crippen LogP contribution in [-0.4, -0.2) is 66.3 Å². The first kappa shape index (κ1) is 23.5. The summed E-state index contributed by atoms with van der Waals surface area (Å²) in [6.07, 6.45) is 5.77. The van der Waals surface area contributed by atoms with Crippen molar-refractivity contribution in [3.05, 3.63) is 0 Å². The Kier molecular flexibility index (Phi) is 4.92. The molecule has 0 amide bonds. The van der Waals surface area contributed by atoms with E-state index >= 15 is 0 Å². The van der Waals surface area contributed by atoms with Gasteiger partial charge in [0.2, 0.25) is 0 Å². The highest BCUT2D eigenvalue weighted by atomic mass is 16.4. The van der Waals surface area contributed by atoms with Gasteiger partial charge in [0.05, 0.1) is 24.4 Å². The van der Waals surface area contributed by atoms with E-state index in [0.717, 1.165) is 38.5 Å². The third kappa shape index (κ3) is 2.29.